The molecule has 1 aromatic carbocycles. The third-order valence-electron chi connectivity index (χ3n) is 5.02. The Morgan fingerprint density at radius 3 is 2.84 bits per heavy atom. The maximum atomic E-state index is 12.2. The molecule has 0 fully saturated rings. The van der Waals surface area contributed by atoms with Gasteiger partial charge in [0.1, 0.15) is 11.7 Å². The summed E-state index contributed by atoms with van der Waals surface area (Å²) in [5.41, 5.74) is 11.9. The summed E-state index contributed by atoms with van der Waals surface area (Å²) < 4.78 is 0. The summed E-state index contributed by atoms with van der Waals surface area (Å²) in [6.45, 7) is 0. The van der Waals surface area contributed by atoms with E-state index in [1.807, 2.05) is 24.3 Å². The Hall–Kier alpha value is -2.95. The van der Waals surface area contributed by atoms with E-state index in [-0.39, 0.29) is 11.7 Å². The number of pyridine rings is 1. The molecule has 0 unspecified atom stereocenters. The lowest BCUT2D eigenvalue weighted by Crippen LogP contribution is -2.18. The number of hydrogen-bond acceptors (Lipinski definition) is 3. The zero-order chi connectivity index (χ0) is 17.4. The maximum Gasteiger partial charge on any atom is 0.257 e. The van der Waals surface area contributed by atoms with Crippen molar-refractivity contribution in [2.45, 2.75) is 32.1 Å². The molecule has 126 valence electrons. The van der Waals surface area contributed by atoms with Gasteiger partial charge in [0.25, 0.3) is 5.91 Å². The Labute approximate surface area is 146 Å². The number of nitrogens with two attached hydrogens (primary N) is 1. The minimum atomic E-state index is -0.0945. The summed E-state index contributed by atoms with van der Waals surface area (Å²) in [5, 5.41) is 10.6. The van der Waals surface area contributed by atoms with E-state index in [0.717, 1.165) is 36.8 Å². The molecule has 1 aliphatic carbocycles. The van der Waals surface area contributed by atoms with Crippen LogP contribution in [-0.4, -0.2) is 16.7 Å². The predicted molar refractivity (Wildman–Crippen MR) is 98.6 cm³/mol. The van der Waals surface area contributed by atoms with E-state index < -0.39 is 0 Å². The van der Waals surface area contributed by atoms with Crippen LogP contribution in [0.4, 0.5) is 5.82 Å². The lowest BCUT2D eigenvalue weighted by atomic mass is 9.83. The van der Waals surface area contributed by atoms with Gasteiger partial charge in [-0.15, -0.1) is 0 Å². The van der Waals surface area contributed by atoms with Crippen LogP contribution in [0.15, 0.2) is 36.5 Å². The monoisotopic (exact) mass is 332 g/mol. The zero-order valence-corrected chi connectivity index (χ0v) is 13.9. The van der Waals surface area contributed by atoms with E-state index in [1.165, 1.54) is 16.7 Å². The van der Waals surface area contributed by atoms with Crippen molar-refractivity contribution in [1.29, 1.82) is 5.41 Å². The normalized spacial score (nSPS) is 17.1. The number of amides is 1. The SMILES string of the molecule is N=C(N)c1ccc(CC=C2C(=O)Nc3ncccc32)c2c1CCCC2. The average molecular weight is 332 g/mol. The van der Waals surface area contributed by atoms with Crippen LogP contribution in [0.2, 0.25) is 0 Å². The van der Waals surface area contributed by atoms with Gasteiger partial charge in [-0.3, -0.25) is 10.2 Å². The second kappa shape index (κ2) is 6.16. The summed E-state index contributed by atoms with van der Waals surface area (Å²) in [6, 6.07) is 7.76. The van der Waals surface area contributed by atoms with Gasteiger partial charge in [-0.05, 0) is 60.9 Å². The van der Waals surface area contributed by atoms with Crippen molar-refractivity contribution < 1.29 is 4.79 Å². The fourth-order valence-corrected chi connectivity index (χ4v) is 3.82. The van der Waals surface area contributed by atoms with Crippen LogP contribution in [0.3, 0.4) is 0 Å². The molecule has 4 N–H and O–H groups in total. The van der Waals surface area contributed by atoms with Gasteiger partial charge < -0.3 is 11.1 Å². The number of amidine groups is 1. The number of hydrogen-bond donors (Lipinski definition) is 3. The van der Waals surface area contributed by atoms with Crippen molar-refractivity contribution >= 4 is 23.1 Å². The van der Waals surface area contributed by atoms with Crippen LogP contribution >= 0.6 is 0 Å². The van der Waals surface area contributed by atoms with Crippen LogP contribution in [0.25, 0.3) is 5.57 Å². The van der Waals surface area contributed by atoms with E-state index in [4.69, 9.17) is 11.1 Å². The van der Waals surface area contributed by atoms with Gasteiger partial charge in [0.2, 0.25) is 0 Å². The number of nitrogens with one attached hydrogen (secondary N) is 2. The number of fused-ring (bicyclic) bond motifs is 2. The number of rotatable bonds is 3. The molecule has 2 heterocycles. The highest BCUT2D eigenvalue weighted by Gasteiger charge is 2.25. The van der Waals surface area contributed by atoms with E-state index in [9.17, 15) is 4.79 Å². The molecule has 0 spiro atoms. The van der Waals surface area contributed by atoms with Crippen molar-refractivity contribution in [1.82, 2.24) is 4.98 Å². The minimum Gasteiger partial charge on any atom is -0.384 e. The van der Waals surface area contributed by atoms with Crippen molar-refractivity contribution in [2.75, 3.05) is 5.32 Å². The second-order valence-electron chi connectivity index (χ2n) is 6.53. The fourth-order valence-electron chi connectivity index (χ4n) is 3.82. The molecule has 4 rings (SSSR count). The second-order valence-corrected chi connectivity index (χ2v) is 6.53. The molecule has 1 aromatic heterocycles. The lowest BCUT2D eigenvalue weighted by molar-refractivity contribution is -0.110. The van der Waals surface area contributed by atoms with Gasteiger partial charge >= 0.3 is 0 Å². The third-order valence-corrected chi connectivity index (χ3v) is 5.02. The molecule has 5 nitrogen and oxygen atoms in total. The highest BCUT2D eigenvalue weighted by atomic mass is 16.2. The first-order valence-electron chi connectivity index (χ1n) is 8.60. The van der Waals surface area contributed by atoms with Crippen molar-refractivity contribution in [3.05, 3.63) is 64.4 Å². The first-order chi connectivity index (χ1) is 12.1. The molecule has 0 radical (unpaired) electrons. The highest BCUT2D eigenvalue weighted by Crippen LogP contribution is 2.32. The molecule has 0 saturated carbocycles. The summed E-state index contributed by atoms with van der Waals surface area (Å²) in [5.74, 6) is 0.675. The third kappa shape index (κ3) is 2.71. The molecule has 0 saturated heterocycles. The average Bonchev–Trinajstić information content (AvgIpc) is 2.94. The number of carbonyl (C=O) groups excluding carboxylic acids is 1. The lowest BCUT2D eigenvalue weighted by Gasteiger charge is -2.22. The Morgan fingerprint density at radius 2 is 2.04 bits per heavy atom. The number of carbonyl (C=O) groups is 1. The molecular weight excluding hydrogens is 312 g/mol. The highest BCUT2D eigenvalue weighted by molar-refractivity contribution is 6.31. The van der Waals surface area contributed by atoms with Crippen molar-refractivity contribution in [3.8, 4) is 0 Å². The molecule has 2 aliphatic rings. The predicted octanol–water partition coefficient (Wildman–Crippen LogP) is 2.82. The van der Waals surface area contributed by atoms with Gasteiger partial charge in [0.05, 0.1) is 0 Å². The van der Waals surface area contributed by atoms with E-state index in [2.05, 4.69) is 16.4 Å². The molecule has 0 bridgehead atoms. The number of allylic oxidation sites excluding steroid dienone is 1. The molecule has 0 atom stereocenters. The Kier molecular flexibility index (Phi) is 3.84. The van der Waals surface area contributed by atoms with Gasteiger partial charge in [0, 0.05) is 22.9 Å². The smallest absolute Gasteiger partial charge is 0.257 e. The molecule has 25 heavy (non-hydrogen) atoms. The summed E-state index contributed by atoms with van der Waals surface area (Å²) >= 11 is 0. The fraction of sp³-hybridized carbons (Fsp3) is 0.250. The molecule has 2 aromatic rings. The first kappa shape index (κ1) is 15.6. The van der Waals surface area contributed by atoms with Crippen molar-refractivity contribution in [3.63, 3.8) is 0 Å². The van der Waals surface area contributed by atoms with Crippen LogP contribution in [0.1, 0.15) is 40.7 Å². The largest absolute Gasteiger partial charge is 0.384 e. The van der Waals surface area contributed by atoms with Crippen LogP contribution in [0.5, 0.6) is 0 Å². The van der Waals surface area contributed by atoms with E-state index in [0.29, 0.717) is 17.8 Å². The maximum absolute atomic E-state index is 12.2. The molecular formula is C20H20N4O. The Morgan fingerprint density at radius 1 is 1.24 bits per heavy atom. The summed E-state index contributed by atoms with van der Waals surface area (Å²) in [7, 11) is 0. The van der Waals surface area contributed by atoms with Crippen LogP contribution in [-0.2, 0) is 24.1 Å². The molecule has 1 amide bonds. The number of anilines is 1. The number of nitrogen functional groups attached to an aromatic ring is 1. The molecule has 1 aliphatic heterocycles. The Balaban J connectivity index is 1.70. The quantitative estimate of drug-likeness (QED) is 0.458. The van der Waals surface area contributed by atoms with E-state index in [1.54, 1.807) is 6.20 Å². The first-order valence-corrected chi connectivity index (χ1v) is 8.60. The van der Waals surface area contributed by atoms with Crippen molar-refractivity contribution in [2.24, 2.45) is 5.73 Å². The van der Waals surface area contributed by atoms with Gasteiger partial charge in [0.15, 0.2) is 0 Å². The van der Waals surface area contributed by atoms with Crippen LogP contribution in [0, 0.1) is 5.41 Å². The summed E-state index contributed by atoms with van der Waals surface area (Å²) in [4.78, 5) is 16.4. The molecule has 5 heteroatoms. The van der Waals surface area contributed by atoms with Crippen LogP contribution < -0.4 is 11.1 Å². The standard InChI is InChI=1S/C20H20N4O/c21-18(22)15-9-7-12(13-4-1-2-5-14(13)15)8-10-17-16-6-3-11-23-19(16)24-20(17)25/h3,6-7,9-11H,1-2,4-5,8H2,(H3,21,22)(H,23,24,25). The van der Waals surface area contributed by atoms with Gasteiger partial charge in [-0.1, -0.05) is 18.2 Å². The van der Waals surface area contributed by atoms with Gasteiger partial charge in [-0.25, -0.2) is 4.98 Å². The zero-order valence-electron chi connectivity index (χ0n) is 13.9. The number of nitrogens with zero attached hydrogens (tertiary/aromatic N) is 1. The minimum absolute atomic E-state index is 0.0945. The van der Waals surface area contributed by atoms with Gasteiger partial charge in [-0.2, -0.15) is 0 Å². The van der Waals surface area contributed by atoms with E-state index >= 15 is 0 Å². The summed E-state index contributed by atoms with van der Waals surface area (Å²) in [6.07, 6.45) is 8.64. The number of benzene rings is 1. The Bertz CT molecular complexity index is 914. The number of aromatic nitrogens is 1. The topological polar surface area (TPSA) is 91.9 Å².